The van der Waals surface area contributed by atoms with Crippen LogP contribution in [0.25, 0.3) is 0 Å². The first kappa shape index (κ1) is 22.3. The van der Waals surface area contributed by atoms with Gasteiger partial charge in [0.05, 0.1) is 6.10 Å². The summed E-state index contributed by atoms with van der Waals surface area (Å²) < 4.78 is 66.6. The summed E-state index contributed by atoms with van der Waals surface area (Å²) in [6.07, 6.45) is 0.670. The van der Waals surface area contributed by atoms with E-state index in [0.717, 1.165) is 11.4 Å². The molecule has 28 heavy (non-hydrogen) atoms. The number of guanidine groups is 1. The fraction of sp³-hybridized carbons (Fsp3) is 0.588. The first-order valence-electron chi connectivity index (χ1n) is 8.89. The third-order valence-corrected chi connectivity index (χ3v) is 5.85. The summed E-state index contributed by atoms with van der Waals surface area (Å²) in [6, 6.07) is 7.18. The molecule has 3 N–H and O–H groups in total. The van der Waals surface area contributed by atoms with Gasteiger partial charge in [-0.15, -0.1) is 0 Å². The third kappa shape index (κ3) is 5.99. The number of halogens is 3. The van der Waals surface area contributed by atoms with Gasteiger partial charge in [-0.05, 0) is 56.9 Å². The Morgan fingerprint density at radius 3 is 2.36 bits per heavy atom. The van der Waals surface area contributed by atoms with Crippen molar-refractivity contribution in [2.45, 2.75) is 38.3 Å². The first-order valence-corrected chi connectivity index (χ1v) is 10.3. The fourth-order valence-corrected chi connectivity index (χ4v) is 3.77. The summed E-state index contributed by atoms with van der Waals surface area (Å²) in [5.74, 6) is 0.890. The minimum Gasteiger partial charge on any atom is -0.491 e. The normalized spacial score (nSPS) is 17.7. The van der Waals surface area contributed by atoms with Gasteiger partial charge in [0.15, 0.2) is 5.96 Å². The van der Waals surface area contributed by atoms with Crippen LogP contribution in [0.3, 0.4) is 0 Å². The number of rotatable bonds is 6. The Morgan fingerprint density at radius 2 is 1.86 bits per heavy atom. The van der Waals surface area contributed by atoms with Gasteiger partial charge in [0, 0.05) is 25.3 Å². The van der Waals surface area contributed by atoms with Crippen molar-refractivity contribution in [1.82, 2.24) is 4.31 Å². The maximum Gasteiger partial charge on any atom is 0.511 e. The van der Waals surface area contributed by atoms with Crippen molar-refractivity contribution >= 4 is 21.7 Å². The van der Waals surface area contributed by atoms with Crippen molar-refractivity contribution in [3.8, 4) is 5.75 Å². The van der Waals surface area contributed by atoms with Gasteiger partial charge in [0.25, 0.3) is 0 Å². The summed E-state index contributed by atoms with van der Waals surface area (Å²) in [5, 5.41) is 2.93. The van der Waals surface area contributed by atoms with E-state index in [2.05, 4.69) is 10.3 Å². The van der Waals surface area contributed by atoms with E-state index >= 15 is 0 Å². The Kier molecular flexibility index (Phi) is 7.16. The monoisotopic (exact) mass is 422 g/mol. The molecule has 1 aliphatic heterocycles. The van der Waals surface area contributed by atoms with Gasteiger partial charge >= 0.3 is 15.5 Å². The van der Waals surface area contributed by atoms with Gasteiger partial charge in [-0.2, -0.15) is 17.5 Å². The second-order valence-corrected chi connectivity index (χ2v) is 8.76. The molecule has 1 aromatic rings. The number of nitrogens with zero attached hydrogens (tertiary/aromatic N) is 2. The van der Waals surface area contributed by atoms with Crippen molar-refractivity contribution < 1.29 is 26.3 Å². The zero-order valence-electron chi connectivity index (χ0n) is 15.7. The number of hydrogen-bond acceptors (Lipinski definition) is 4. The van der Waals surface area contributed by atoms with Crippen LogP contribution in [0.5, 0.6) is 5.75 Å². The number of hydrogen-bond donors (Lipinski definition) is 2. The Morgan fingerprint density at radius 1 is 1.29 bits per heavy atom. The standard InChI is InChI=1S/C17H25F3N4O3S/c1-12(2)27-15-5-3-14(4-6-15)23-16(21)22-11-13-7-9-24(10-8-13)28(25,26)17(18,19)20/h3-6,12-13H,7-11H2,1-2H3,(H3,21,22,23). The fourth-order valence-electron chi connectivity index (χ4n) is 2.78. The lowest BCUT2D eigenvalue weighted by molar-refractivity contribution is -0.0496. The lowest BCUT2D eigenvalue weighted by atomic mass is 9.98. The summed E-state index contributed by atoms with van der Waals surface area (Å²) in [7, 11) is -5.26. The van der Waals surface area contributed by atoms with Gasteiger partial charge in [-0.1, -0.05) is 0 Å². The second-order valence-electron chi connectivity index (χ2n) is 6.84. The topological polar surface area (TPSA) is 97.0 Å². The number of ether oxygens (including phenoxy) is 1. The molecule has 0 amide bonds. The molecular formula is C17H25F3N4O3S. The first-order chi connectivity index (χ1) is 13.0. The van der Waals surface area contributed by atoms with Crippen molar-refractivity contribution in [3.05, 3.63) is 24.3 Å². The van der Waals surface area contributed by atoms with E-state index in [1.54, 1.807) is 24.3 Å². The van der Waals surface area contributed by atoms with E-state index in [1.165, 1.54) is 0 Å². The number of alkyl halides is 3. The van der Waals surface area contributed by atoms with Crippen molar-refractivity contribution in [2.75, 3.05) is 25.0 Å². The van der Waals surface area contributed by atoms with E-state index in [1.807, 2.05) is 13.8 Å². The zero-order chi connectivity index (χ0) is 20.9. The minimum atomic E-state index is -5.26. The third-order valence-electron chi connectivity index (χ3n) is 4.22. The molecule has 0 radical (unpaired) electrons. The molecule has 0 spiro atoms. The van der Waals surface area contributed by atoms with Crippen LogP contribution in [-0.4, -0.2) is 49.9 Å². The van der Waals surface area contributed by atoms with E-state index in [4.69, 9.17) is 10.5 Å². The summed E-state index contributed by atoms with van der Waals surface area (Å²) in [6.45, 7) is 3.83. The Balaban J connectivity index is 1.83. The number of anilines is 1. The van der Waals surface area contributed by atoms with Crippen LogP contribution >= 0.6 is 0 Å². The highest BCUT2D eigenvalue weighted by molar-refractivity contribution is 7.90. The second kappa shape index (κ2) is 8.99. The molecule has 0 aliphatic carbocycles. The van der Waals surface area contributed by atoms with Crippen LogP contribution in [0.2, 0.25) is 0 Å². The molecule has 1 saturated heterocycles. The van der Waals surface area contributed by atoms with E-state index in [9.17, 15) is 21.6 Å². The summed E-state index contributed by atoms with van der Waals surface area (Å²) in [5.41, 5.74) is 1.31. The number of nitrogens with one attached hydrogen (secondary N) is 1. The van der Waals surface area contributed by atoms with Crippen molar-refractivity contribution in [3.63, 3.8) is 0 Å². The molecule has 7 nitrogen and oxygen atoms in total. The van der Waals surface area contributed by atoms with E-state index < -0.39 is 15.5 Å². The molecule has 2 rings (SSSR count). The zero-order valence-corrected chi connectivity index (χ0v) is 16.6. The molecule has 1 fully saturated rings. The smallest absolute Gasteiger partial charge is 0.491 e. The maximum atomic E-state index is 12.6. The molecule has 1 aliphatic rings. The summed E-state index contributed by atoms with van der Waals surface area (Å²) in [4.78, 5) is 4.21. The largest absolute Gasteiger partial charge is 0.511 e. The lowest BCUT2D eigenvalue weighted by Gasteiger charge is -2.30. The molecule has 0 atom stereocenters. The van der Waals surface area contributed by atoms with Gasteiger partial charge in [-0.3, -0.25) is 4.99 Å². The molecule has 0 unspecified atom stereocenters. The molecule has 0 aromatic heterocycles. The number of aliphatic imine (C=N–C) groups is 1. The number of nitrogens with two attached hydrogens (primary N) is 1. The highest BCUT2D eigenvalue weighted by Gasteiger charge is 2.50. The average molecular weight is 422 g/mol. The molecule has 0 saturated carbocycles. The van der Waals surface area contributed by atoms with E-state index in [-0.39, 0.29) is 31.1 Å². The Bertz CT molecular complexity index is 772. The molecule has 11 heteroatoms. The van der Waals surface area contributed by atoms with Gasteiger partial charge < -0.3 is 15.8 Å². The molecule has 1 aromatic carbocycles. The Labute approximate surface area is 162 Å². The van der Waals surface area contributed by atoms with Gasteiger partial charge in [-0.25, -0.2) is 8.42 Å². The average Bonchev–Trinajstić information content (AvgIpc) is 2.60. The van der Waals surface area contributed by atoms with Crippen LogP contribution in [0.4, 0.5) is 18.9 Å². The maximum absolute atomic E-state index is 12.6. The predicted molar refractivity (Wildman–Crippen MR) is 102 cm³/mol. The van der Waals surface area contributed by atoms with Crippen LogP contribution in [0.15, 0.2) is 29.3 Å². The number of sulfonamides is 1. The minimum absolute atomic E-state index is 0.0261. The van der Waals surface area contributed by atoms with Crippen LogP contribution in [-0.2, 0) is 10.0 Å². The summed E-state index contributed by atoms with van der Waals surface area (Å²) >= 11 is 0. The van der Waals surface area contributed by atoms with Crippen LogP contribution in [0, 0.1) is 5.92 Å². The van der Waals surface area contributed by atoms with Crippen molar-refractivity contribution in [1.29, 1.82) is 0 Å². The van der Waals surface area contributed by atoms with Gasteiger partial charge in [0.2, 0.25) is 0 Å². The Hall–Kier alpha value is -2.01. The quantitative estimate of drug-likeness (QED) is 0.543. The molecule has 1 heterocycles. The highest BCUT2D eigenvalue weighted by atomic mass is 32.2. The van der Waals surface area contributed by atoms with E-state index in [0.29, 0.717) is 23.7 Å². The number of benzene rings is 1. The molecule has 158 valence electrons. The molecular weight excluding hydrogens is 397 g/mol. The lowest BCUT2D eigenvalue weighted by Crippen LogP contribution is -2.45. The van der Waals surface area contributed by atoms with Crippen LogP contribution in [0.1, 0.15) is 26.7 Å². The highest BCUT2D eigenvalue weighted by Crippen LogP contribution is 2.30. The van der Waals surface area contributed by atoms with Crippen molar-refractivity contribution in [2.24, 2.45) is 16.6 Å². The van der Waals surface area contributed by atoms with Gasteiger partial charge in [0.1, 0.15) is 5.75 Å². The molecule has 0 bridgehead atoms. The predicted octanol–water partition coefficient (Wildman–Crippen LogP) is 2.76. The number of piperidine rings is 1. The van der Waals surface area contributed by atoms with Crippen LogP contribution < -0.4 is 15.8 Å². The SMILES string of the molecule is CC(C)Oc1ccc(NC(N)=NCC2CCN(S(=O)(=O)C(F)(F)F)CC2)cc1.